The van der Waals surface area contributed by atoms with Crippen LogP contribution in [0.5, 0.6) is 0 Å². The van der Waals surface area contributed by atoms with Crippen molar-refractivity contribution in [1.29, 1.82) is 0 Å². The average Bonchev–Trinajstić information content (AvgIpc) is 3.28. The molecule has 5 nitrogen and oxygen atoms in total. The summed E-state index contributed by atoms with van der Waals surface area (Å²) >= 11 is 0. The number of fused-ring (bicyclic) bond motifs is 1. The lowest BCUT2D eigenvalue weighted by atomic mass is 9.61. The molecule has 5 heteroatoms. The minimum atomic E-state index is 0.174. The molecule has 1 aromatic rings. The normalized spacial score (nSPS) is 32.6. The molecule has 3 aliphatic rings. The highest BCUT2D eigenvalue weighted by Crippen LogP contribution is 2.51. The lowest BCUT2D eigenvalue weighted by molar-refractivity contribution is -0.129. The number of aromatic amines is 1. The van der Waals surface area contributed by atoms with Crippen LogP contribution >= 0.6 is 0 Å². The molecule has 3 fully saturated rings. The second-order valence-corrected chi connectivity index (χ2v) is 7.92. The van der Waals surface area contributed by atoms with E-state index in [9.17, 15) is 4.79 Å². The molecule has 132 valence electrons. The van der Waals surface area contributed by atoms with Gasteiger partial charge in [0.15, 0.2) is 0 Å². The smallest absolute Gasteiger partial charge is 0.220 e. The number of rotatable bonds is 5. The van der Waals surface area contributed by atoms with Crippen LogP contribution in [0, 0.1) is 31.6 Å². The van der Waals surface area contributed by atoms with Gasteiger partial charge in [-0.15, -0.1) is 0 Å². The highest BCUT2D eigenvalue weighted by Gasteiger charge is 2.56. The van der Waals surface area contributed by atoms with E-state index in [1.807, 2.05) is 6.92 Å². The Hall–Kier alpha value is -1.36. The number of hydrogen-bond donors (Lipinski definition) is 2. The van der Waals surface area contributed by atoms with Crippen LogP contribution in [0.25, 0.3) is 0 Å². The van der Waals surface area contributed by atoms with Crippen LogP contribution in [-0.2, 0) is 16.0 Å². The topological polar surface area (TPSA) is 67.0 Å². The molecule has 1 aliphatic heterocycles. The van der Waals surface area contributed by atoms with E-state index < -0.39 is 0 Å². The van der Waals surface area contributed by atoms with Crippen molar-refractivity contribution in [3.05, 3.63) is 17.0 Å². The SMILES string of the molecule is Cc1[nH]nc(CCC(=O)N[C@H]2[C@@H]3CCO[C@@H]3[C@@H]2C2CCCC2)c1C. The number of H-pyrrole nitrogens is 1. The fourth-order valence-corrected chi connectivity index (χ4v) is 5.13. The van der Waals surface area contributed by atoms with Gasteiger partial charge in [0, 0.05) is 43.0 Å². The summed E-state index contributed by atoms with van der Waals surface area (Å²) in [5, 5.41) is 10.7. The summed E-state index contributed by atoms with van der Waals surface area (Å²) in [5.74, 6) is 2.03. The van der Waals surface area contributed by atoms with Gasteiger partial charge in [-0.05, 0) is 31.7 Å². The van der Waals surface area contributed by atoms with E-state index in [1.165, 1.54) is 31.2 Å². The molecule has 4 atom stereocenters. The largest absolute Gasteiger partial charge is 0.377 e. The lowest BCUT2D eigenvalue weighted by Gasteiger charge is -2.50. The van der Waals surface area contributed by atoms with Gasteiger partial charge in [-0.3, -0.25) is 9.89 Å². The zero-order chi connectivity index (χ0) is 16.7. The van der Waals surface area contributed by atoms with Crippen molar-refractivity contribution >= 4 is 5.91 Å². The second-order valence-electron chi connectivity index (χ2n) is 7.92. The van der Waals surface area contributed by atoms with Gasteiger partial charge in [0.05, 0.1) is 11.8 Å². The third-order valence-electron chi connectivity index (χ3n) is 6.65. The van der Waals surface area contributed by atoms with Crippen molar-refractivity contribution in [3.8, 4) is 0 Å². The molecule has 1 aromatic heterocycles. The summed E-state index contributed by atoms with van der Waals surface area (Å²) in [5.41, 5.74) is 3.29. The molecule has 2 N–H and O–H groups in total. The van der Waals surface area contributed by atoms with Crippen LogP contribution in [0.15, 0.2) is 0 Å². The molecule has 0 unspecified atom stereocenters. The van der Waals surface area contributed by atoms with Crippen LogP contribution in [0.1, 0.15) is 55.5 Å². The molecule has 0 radical (unpaired) electrons. The Kier molecular flexibility index (Phi) is 4.37. The standard InChI is InChI=1S/C19H29N3O2/c1-11-12(2)21-22-15(11)7-8-16(23)20-18-14-9-10-24-19(14)17(18)13-5-3-4-6-13/h13-14,17-19H,3-10H2,1-2H3,(H,20,23)(H,21,22)/t14-,17+,18-,19-/m0/s1. The van der Waals surface area contributed by atoms with E-state index in [0.717, 1.165) is 30.3 Å². The Bertz CT molecular complexity index is 601. The minimum Gasteiger partial charge on any atom is -0.377 e. The fraction of sp³-hybridized carbons (Fsp3) is 0.789. The van der Waals surface area contributed by atoms with Crippen LogP contribution < -0.4 is 5.32 Å². The summed E-state index contributed by atoms with van der Waals surface area (Å²) in [6, 6.07) is 0.343. The summed E-state index contributed by atoms with van der Waals surface area (Å²) in [6.45, 7) is 4.96. The van der Waals surface area contributed by atoms with E-state index in [2.05, 4.69) is 22.4 Å². The van der Waals surface area contributed by atoms with Gasteiger partial charge < -0.3 is 10.1 Å². The number of aryl methyl sites for hydroxylation is 2. The van der Waals surface area contributed by atoms with Crippen LogP contribution in [0.2, 0.25) is 0 Å². The van der Waals surface area contributed by atoms with E-state index in [-0.39, 0.29) is 5.91 Å². The highest BCUT2D eigenvalue weighted by molar-refractivity contribution is 5.76. The van der Waals surface area contributed by atoms with Crippen molar-refractivity contribution in [2.24, 2.45) is 17.8 Å². The Labute approximate surface area is 143 Å². The van der Waals surface area contributed by atoms with Crippen molar-refractivity contribution in [2.45, 2.75) is 70.9 Å². The van der Waals surface area contributed by atoms with Crippen LogP contribution in [0.4, 0.5) is 0 Å². The molecule has 4 rings (SSSR count). The number of hydrogen-bond acceptors (Lipinski definition) is 3. The molecule has 0 spiro atoms. The minimum absolute atomic E-state index is 0.174. The molecule has 24 heavy (non-hydrogen) atoms. The van der Waals surface area contributed by atoms with Crippen molar-refractivity contribution in [2.75, 3.05) is 6.61 Å². The quantitative estimate of drug-likeness (QED) is 0.872. The van der Waals surface area contributed by atoms with Crippen molar-refractivity contribution in [3.63, 3.8) is 0 Å². The molecule has 2 heterocycles. The summed E-state index contributed by atoms with van der Waals surface area (Å²) in [6.07, 6.45) is 8.08. The molecule has 0 bridgehead atoms. The number of nitrogens with zero attached hydrogens (tertiary/aromatic N) is 1. The van der Waals surface area contributed by atoms with Gasteiger partial charge in [-0.2, -0.15) is 5.10 Å². The van der Waals surface area contributed by atoms with Crippen molar-refractivity contribution in [1.82, 2.24) is 15.5 Å². The van der Waals surface area contributed by atoms with Crippen LogP contribution in [0.3, 0.4) is 0 Å². The maximum Gasteiger partial charge on any atom is 0.220 e. The third-order valence-corrected chi connectivity index (χ3v) is 6.65. The van der Waals surface area contributed by atoms with Gasteiger partial charge in [-0.1, -0.05) is 25.7 Å². The molecular weight excluding hydrogens is 302 g/mol. The van der Waals surface area contributed by atoms with Gasteiger partial charge >= 0.3 is 0 Å². The maximum atomic E-state index is 12.5. The number of carbonyl (C=O) groups excluding carboxylic acids is 1. The summed E-state index contributed by atoms with van der Waals surface area (Å²) in [4.78, 5) is 12.5. The number of carbonyl (C=O) groups is 1. The zero-order valence-electron chi connectivity index (χ0n) is 14.8. The predicted molar refractivity (Wildman–Crippen MR) is 91.6 cm³/mol. The molecule has 0 aromatic carbocycles. The van der Waals surface area contributed by atoms with Crippen molar-refractivity contribution < 1.29 is 9.53 Å². The maximum absolute atomic E-state index is 12.5. The highest BCUT2D eigenvalue weighted by atomic mass is 16.5. The third kappa shape index (κ3) is 2.77. The van der Waals surface area contributed by atoms with E-state index in [1.54, 1.807) is 0 Å². The first-order valence-electron chi connectivity index (χ1n) is 9.56. The Balaban J connectivity index is 1.34. The molecular formula is C19H29N3O2. The van der Waals surface area contributed by atoms with Gasteiger partial charge in [-0.25, -0.2) is 0 Å². The average molecular weight is 331 g/mol. The second kappa shape index (κ2) is 6.51. The number of ether oxygens (including phenoxy) is 1. The molecule has 2 saturated carbocycles. The van der Waals surface area contributed by atoms with E-state index >= 15 is 0 Å². The molecule has 1 amide bonds. The van der Waals surface area contributed by atoms with Gasteiger partial charge in [0.1, 0.15) is 0 Å². The Morgan fingerprint density at radius 1 is 1.29 bits per heavy atom. The molecule has 2 aliphatic carbocycles. The number of amides is 1. The zero-order valence-corrected chi connectivity index (χ0v) is 14.8. The first-order chi connectivity index (χ1) is 11.6. The van der Waals surface area contributed by atoms with Gasteiger partial charge in [0.25, 0.3) is 0 Å². The Morgan fingerprint density at radius 2 is 2.08 bits per heavy atom. The van der Waals surface area contributed by atoms with E-state index in [0.29, 0.717) is 36.8 Å². The molecule has 1 saturated heterocycles. The lowest BCUT2D eigenvalue weighted by Crippen LogP contribution is -2.63. The fourth-order valence-electron chi connectivity index (χ4n) is 5.13. The number of aromatic nitrogens is 2. The predicted octanol–water partition coefficient (Wildman–Crippen LogP) is 2.67. The van der Waals surface area contributed by atoms with Crippen LogP contribution in [-0.4, -0.2) is 34.9 Å². The summed E-state index contributed by atoms with van der Waals surface area (Å²) < 4.78 is 5.97. The number of nitrogens with one attached hydrogen (secondary N) is 2. The van der Waals surface area contributed by atoms with E-state index in [4.69, 9.17) is 4.74 Å². The van der Waals surface area contributed by atoms with Gasteiger partial charge in [0.2, 0.25) is 5.91 Å². The first-order valence-corrected chi connectivity index (χ1v) is 9.56. The first kappa shape index (κ1) is 16.1. The Morgan fingerprint density at radius 3 is 2.79 bits per heavy atom. The summed E-state index contributed by atoms with van der Waals surface area (Å²) in [7, 11) is 0. The monoisotopic (exact) mass is 331 g/mol.